The summed E-state index contributed by atoms with van der Waals surface area (Å²) in [6, 6.07) is 12.2. The number of hydrogen-bond acceptors (Lipinski definition) is 5. The van der Waals surface area contributed by atoms with Crippen molar-refractivity contribution < 1.29 is 28.5 Å². The Labute approximate surface area is 139 Å². The van der Waals surface area contributed by atoms with Crippen LogP contribution in [0.4, 0.5) is 4.39 Å². The van der Waals surface area contributed by atoms with Gasteiger partial charge in [0, 0.05) is 0 Å². The minimum Gasteiger partial charge on any atom is -0.508 e. The maximum atomic E-state index is 13.0. The molecular weight excluding hydrogens is 315 g/mol. The molecular formula is C18H19FO5. The molecule has 0 amide bonds. The van der Waals surface area contributed by atoms with E-state index in [0.717, 1.165) is 0 Å². The third-order valence-corrected chi connectivity index (χ3v) is 3.11. The van der Waals surface area contributed by atoms with Gasteiger partial charge in [0.05, 0.1) is 13.2 Å². The second-order valence-electron chi connectivity index (χ2n) is 5.10. The minimum absolute atomic E-state index is 0.0808. The molecule has 0 saturated heterocycles. The number of aromatic hydroxyl groups is 1. The van der Waals surface area contributed by atoms with E-state index >= 15 is 0 Å². The van der Waals surface area contributed by atoms with E-state index in [1.165, 1.54) is 24.3 Å². The second kappa shape index (κ2) is 8.88. The van der Waals surface area contributed by atoms with Gasteiger partial charge in [-0.2, -0.15) is 0 Å². The molecule has 6 heteroatoms. The third kappa shape index (κ3) is 5.89. The summed E-state index contributed by atoms with van der Waals surface area (Å²) in [4.78, 5) is 11.8. The van der Waals surface area contributed by atoms with Crippen LogP contribution in [0.3, 0.4) is 0 Å². The number of ether oxygens (including phenoxy) is 3. The number of hydrogen-bond donors (Lipinski definition) is 1. The Bertz CT molecular complexity index is 657. The summed E-state index contributed by atoms with van der Waals surface area (Å²) in [6.07, 6.45) is -0.780. The molecule has 0 heterocycles. The van der Waals surface area contributed by atoms with Crippen molar-refractivity contribution in [2.75, 3.05) is 13.2 Å². The Kier molecular flexibility index (Phi) is 6.57. The summed E-state index contributed by atoms with van der Waals surface area (Å²) < 4.78 is 28.8. The SMILES string of the molecule is CC(Oc1ccc(O)cc1)C(=O)OCCOCc1cccc(F)c1. The fourth-order valence-corrected chi connectivity index (χ4v) is 1.91. The molecule has 0 saturated carbocycles. The number of phenols is 1. The maximum Gasteiger partial charge on any atom is 0.347 e. The topological polar surface area (TPSA) is 65.0 Å². The molecule has 2 aromatic carbocycles. The maximum absolute atomic E-state index is 13.0. The van der Waals surface area contributed by atoms with Crippen molar-refractivity contribution in [3.63, 3.8) is 0 Å². The average Bonchev–Trinajstić information content (AvgIpc) is 2.56. The van der Waals surface area contributed by atoms with Gasteiger partial charge < -0.3 is 19.3 Å². The predicted molar refractivity (Wildman–Crippen MR) is 85.2 cm³/mol. The molecule has 128 valence electrons. The first kappa shape index (κ1) is 17.7. The van der Waals surface area contributed by atoms with Crippen LogP contribution in [-0.4, -0.2) is 30.4 Å². The van der Waals surface area contributed by atoms with Crippen molar-refractivity contribution in [3.8, 4) is 11.5 Å². The lowest BCUT2D eigenvalue weighted by molar-refractivity contribution is -0.152. The molecule has 0 aromatic heterocycles. The van der Waals surface area contributed by atoms with E-state index in [1.807, 2.05) is 0 Å². The van der Waals surface area contributed by atoms with E-state index in [9.17, 15) is 14.3 Å². The fourth-order valence-electron chi connectivity index (χ4n) is 1.91. The Morgan fingerprint density at radius 2 is 1.92 bits per heavy atom. The predicted octanol–water partition coefficient (Wildman–Crippen LogP) is 3.06. The molecule has 0 spiro atoms. The van der Waals surface area contributed by atoms with Gasteiger partial charge in [0.25, 0.3) is 0 Å². The zero-order chi connectivity index (χ0) is 17.4. The number of phenolic OH excluding ortho intramolecular Hbond substituents is 1. The van der Waals surface area contributed by atoms with Crippen molar-refractivity contribution in [2.24, 2.45) is 0 Å². The van der Waals surface area contributed by atoms with Gasteiger partial charge in [0.2, 0.25) is 0 Å². The number of esters is 1. The standard InChI is InChI=1S/C18H19FO5/c1-13(24-17-7-5-16(20)6-8-17)18(21)23-10-9-22-12-14-3-2-4-15(19)11-14/h2-8,11,13,20H,9-10,12H2,1H3. The molecule has 1 unspecified atom stereocenters. The summed E-state index contributed by atoms with van der Waals surface area (Å²) in [5, 5.41) is 9.18. The molecule has 2 rings (SSSR count). The summed E-state index contributed by atoms with van der Waals surface area (Å²) in [7, 11) is 0. The summed E-state index contributed by atoms with van der Waals surface area (Å²) in [6.45, 7) is 2.10. The molecule has 0 radical (unpaired) electrons. The monoisotopic (exact) mass is 334 g/mol. The number of halogens is 1. The fraction of sp³-hybridized carbons (Fsp3) is 0.278. The molecule has 2 aromatic rings. The quantitative estimate of drug-likeness (QED) is 0.594. The van der Waals surface area contributed by atoms with E-state index in [-0.39, 0.29) is 31.4 Å². The smallest absolute Gasteiger partial charge is 0.347 e. The first-order chi connectivity index (χ1) is 11.5. The van der Waals surface area contributed by atoms with Gasteiger partial charge in [0.1, 0.15) is 23.9 Å². The van der Waals surface area contributed by atoms with Gasteiger partial charge in [-0.05, 0) is 48.9 Å². The van der Waals surface area contributed by atoms with Gasteiger partial charge in [-0.25, -0.2) is 9.18 Å². The lowest BCUT2D eigenvalue weighted by Gasteiger charge is -2.14. The second-order valence-corrected chi connectivity index (χ2v) is 5.10. The van der Waals surface area contributed by atoms with Gasteiger partial charge in [-0.3, -0.25) is 0 Å². The molecule has 0 aliphatic carbocycles. The van der Waals surface area contributed by atoms with Gasteiger partial charge in [-0.15, -0.1) is 0 Å². The van der Waals surface area contributed by atoms with Gasteiger partial charge in [-0.1, -0.05) is 12.1 Å². The van der Waals surface area contributed by atoms with E-state index in [2.05, 4.69) is 0 Å². The highest BCUT2D eigenvalue weighted by molar-refractivity contribution is 5.74. The summed E-state index contributed by atoms with van der Waals surface area (Å²) >= 11 is 0. The molecule has 1 atom stereocenters. The highest BCUT2D eigenvalue weighted by Crippen LogP contribution is 2.17. The highest BCUT2D eigenvalue weighted by atomic mass is 19.1. The van der Waals surface area contributed by atoms with Gasteiger partial charge >= 0.3 is 5.97 Å². The van der Waals surface area contributed by atoms with Crippen LogP contribution in [0, 0.1) is 5.82 Å². The molecule has 5 nitrogen and oxygen atoms in total. The zero-order valence-electron chi connectivity index (χ0n) is 13.3. The summed E-state index contributed by atoms with van der Waals surface area (Å²) in [5.41, 5.74) is 0.713. The molecule has 0 aliphatic rings. The average molecular weight is 334 g/mol. The van der Waals surface area contributed by atoms with Crippen LogP contribution >= 0.6 is 0 Å². The Morgan fingerprint density at radius 1 is 1.17 bits per heavy atom. The molecule has 0 bridgehead atoms. The molecule has 1 N–H and O–H groups in total. The van der Waals surface area contributed by atoms with E-state index in [0.29, 0.717) is 11.3 Å². The lowest BCUT2D eigenvalue weighted by atomic mass is 10.2. The van der Waals surface area contributed by atoms with Crippen molar-refractivity contribution >= 4 is 5.97 Å². The van der Waals surface area contributed by atoms with Crippen molar-refractivity contribution in [2.45, 2.75) is 19.6 Å². The van der Waals surface area contributed by atoms with E-state index in [4.69, 9.17) is 14.2 Å². The Morgan fingerprint density at radius 3 is 2.62 bits per heavy atom. The van der Waals surface area contributed by atoms with Crippen LogP contribution in [0.1, 0.15) is 12.5 Å². The van der Waals surface area contributed by atoms with E-state index < -0.39 is 12.1 Å². The summed E-state index contributed by atoms with van der Waals surface area (Å²) in [5.74, 6) is -0.257. The normalized spacial score (nSPS) is 11.8. The van der Waals surface area contributed by atoms with Gasteiger partial charge in [0.15, 0.2) is 6.10 Å². The van der Waals surface area contributed by atoms with Crippen LogP contribution in [0.25, 0.3) is 0 Å². The van der Waals surface area contributed by atoms with E-state index in [1.54, 1.807) is 31.2 Å². The Hall–Kier alpha value is -2.60. The van der Waals surface area contributed by atoms with Crippen LogP contribution in [-0.2, 0) is 20.9 Å². The number of benzene rings is 2. The third-order valence-electron chi connectivity index (χ3n) is 3.11. The highest BCUT2D eigenvalue weighted by Gasteiger charge is 2.16. The van der Waals surface area contributed by atoms with Crippen molar-refractivity contribution in [1.29, 1.82) is 0 Å². The molecule has 24 heavy (non-hydrogen) atoms. The largest absolute Gasteiger partial charge is 0.508 e. The number of carbonyl (C=O) groups excluding carboxylic acids is 1. The Balaban J connectivity index is 1.64. The first-order valence-electron chi connectivity index (χ1n) is 7.49. The number of carbonyl (C=O) groups is 1. The van der Waals surface area contributed by atoms with Crippen LogP contribution in [0.15, 0.2) is 48.5 Å². The zero-order valence-corrected chi connectivity index (χ0v) is 13.3. The molecule has 0 aliphatic heterocycles. The lowest BCUT2D eigenvalue weighted by Crippen LogP contribution is -2.27. The van der Waals surface area contributed by atoms with Crippen LogP contribution in [0.5, 0.6) is 11.5 Å². The van der Waals surface area contributed by atoms with Crippen molar-refractivity contribution in [1.82, 2.24) is 0 Å². The van der Waals surface area contributed by atoms with Crippen LogP contribution < -0.4 is 4.74 Å². The number of rotatable bonds is 8. The molecule has 0 fully saturated rings. The first-order valence-corrected chi connectivity index (χ1v) is 7.49. The van der Waals surface area contributed by atoms with Crippen molar-refractivity contribution in [3.05, 3.63) is 59.9 Å². The van der Waals surface area contributed by atoms with Crippen LogP contribution in [0.2, 0.25) is 0 Å². The minimum atomic E-state index is -0.780.